The molecule has 0 aliphatic rings. The lowest BCUT2D eigenvalue weighted by Gasteiger charge is -2.15. The maximum Gasteiger partial charge on any atom is 0.254 e. The van der Waals surface area contributed by atoms with Crippen molar-refractivity contribution in [3.8, 4) is 17.0 Å². The number of carbonyl (C=O) groups excluding carboxylic acids is 1. The molecule has 9 heteroatoms. The summed E-state index contributed by atoms with van der Waals surface area (Å²) in [4.78, 5) is 17.6. The molecule has 0 saturated carbocycles. The van der Waals surface area contributed by atoms with Gasteiger partial charge in [-0.25, -0.2) is 13.2 Å². The third-order valence-electron chi connectivity index (χ3n) is 6.19. The van der Waals surface area contributed by atoms with Gasteiger partial charge in [0.05, 0.1) is 22.3 Å². The highest BCUT2D eigenvalue weighted by atomic mass is 19.2. The van der Waals surface area contributed by atoms with Crippen LogP contribution in [0.25, 0.3) is 16.6 Å². The Bertz CT molecular complexity index is 1650. The van der Waals surface area contributed by atoms with Crippen molar-refractivity contribution >= 4 is 11.4 Å². The number of halogens is 3. The molecular formula is C29H23F3N4O2. The summed E-state index contributed by atoms with van der Waals surface area (Å²) in [6.45, 7) is 3.21. The number of aryl methyl sites for hydroxylation is 2. The van der Waals surface area contributed by atoms with Gasteiger partial charge in [-0.05, 0) is 54.8 Å². The summed E-state index contributed by atoms with van der Waals surface area (Å²) in [5.41, 5.74) is 4.33. The van der Waals surface area contributed by atoms with Crippen LogP contribution >= 0.6 is 0 Å². The number of nitrogens with one attached hydrogen (secondary N) is 1. The Labute approximate surface area is 216 Å². The number of pyridine rings is 2. The molecule has 5 rings (SSSR count). The fourth-order valence-corrected chi connectivity index (χ4v) is 4.35. The predicted molar refractivity (Wildman–Crippen MR) is 136 cm³/mol. The summed E-state index contributed by atoms with van der Waals surface area (Å²) in [7, 11) is 0. The lowest BCUT2D eigenvalue weighted by Crippen LogP contribution is -2.25. The van der Waals surface area contributed by atoms with Crippen LogP contribution in [0.3, 0.4) is 0 Å². The third-order valence-corrected chi connectivity index (χ3v) is 6.19. The average molecular weight is 517 g/mol. The molecule has 5 aromatic rings. The molecule has 6 nitrogen and oxygen atoms in total. The molecule has 2 aromatic carbocycles. The van der Waals surface area contributed by atoms with Crippen LogP contribution in [0.5, 0.6) is 5.88 Å². The molecule has 0 fully saturated rings. The fourth-order valence-electron chi connectivity index (χ4n) is 4.35. The molecule has 0 saturated heterocycles. The summed E-state index contributed by atoms with van der Waals surface area (Å²) < 4.78 is 48.9. The van der Waals surface area contributed by atoms with Crippen molar-refractivity contribution in [2.45, 2.75) is 27.0 Å². The Hall–Kier alpha value is -4.66. The van der Waals surface area contributed by atoms with Crippen molar-refractivity contribution < 1.29 is 22.7 Å². The summed E-state index contributed by atoms with van der Waals surface area (Å²) in [5, 5.41) is 7.37. The molecule has 3 heterocycles. The highest BCUT2D eigenvalue weighted by molar-refractivity contribution is 6.02. The average Bonchev–Trinajstić information content (AvgIpc) is 3.31. The molecule has 0 bridgehead atoms. The van der Waals surface area contributed by atoms with Crippen molar-refractivity contribution in [1.29, 1.82) is 0 Å². The first-order chi connectivity index (χ1) is 18.3. The summed E-state index contributed by atoms with van der Waals surface area (Å²) in [5.74, 6) is -3.55. The van der Waals surface area contributed by atoms with Gasteiger partial charge in [-0.3, -0.25) is 9.78 Å². The molecule has 0 radical (unpaired) electrons. The van der Waals surface area contributed by atoms with Crippen molar-refractivity contribution in [2.24, 2.45) is 0 Å². The maximum absolute atomic E-state index is 14.1. The van der Waals surface area contributed by atoms with E-state index in [0.717, 1.165) is 28.8 Å². The van der Waals surface area contributed by atoms with E-state index < -0.39 is 29.6 Å². The first-order valence-electron chi connectivity index (χ1n) is 11.8. The van der Waals surface area contributed by atoms with Gasteiger partial charge in [-0.2, -0.15) is 9.61 Å². The topological polar surface area (TPSA) is 68.5 Å². The number of hydrogen-bond acceptors (Lipinski definition) is 4. The molecule has 192 valence electrons. The molecule has 1 amide bonds. The number of amides is 1. The Morgan fingerprint density at radius 2 is 1.79 bits per heavy atom. The van der Waals surface area contributed by atoms with Gasteiger partial charge in [0.2, 0.25) is 5.88 Å². The minimum Gasteiger partial charge on any atom is -0.473 e. The Morgan fingerprint density at radius 3 is 2.58 bits per heavy atom. The van der Waals surface area contributed by atoms with Crippen molar-refractivity contribution in [1.82, 2.24) is 19.9 Å². The van der Waals surface area contributed by atoms with Gasteiger partial charge < -0.3 is 10.1 Å². The normalized spacial score (nSPS) is 11.1. The quantitative estimate of drug-likeness (QED) is 0.272. The second-order valence-corrected chi connectivity index (χ2v) is 8.82. The van der Waals surface area contributed by atoms with Gasteiger partial charge in [0.1, 0.15) is 12.4 Å². The number of benzene rings is 2. The second kappa shape index (κ2) is 10.4. The number of nitrogens with zero attached hydrogens (tertiary/aromatic N) is 3. The minimum atomic E-state index is -1.31. The number of rotatable bonds is 7. The first-order valence-corrected chi connectivity index (χ1v) is 11.8. The molecule has 38 heavy (non-hydrogen) atoms. The van der Waals surface area contributed by atoms with Gasteiger partial charge in [-0.1, -0.05) is 30.3 Å². The number of hydrogen-bond donors (Lipinski definition) is 1. The summed E-state index contributed by atoms with van der Waals surface area (Å²) in [6.07, 6.45) is 3.47. The molecule has 1 N–H and O–H groups in total. The number of carbonyl (C=O) groups is 1. The van der Waals surface area contributed by atoms with Crippen LogP contribution in [0.1, 0.15) is 32.7 Å². The van der Waals surface area contributed by atoms with E-state index in [-0.39, 0.29) is 18.3 Å². The zero-order valence-electron chi connectivity index (χ0n) is 20.6. The van der Waals surface area contributed by atoms with E-state index in [1.54, 1.807) is 38.4 Å². The molecule has 0 atom stereocenters. The number of ether oxygens (including phenoxy) is 1. The Morgan fingerprint density at radius 1 is 1.00 bits per heavy atom. The Kier molecular flexibility index (Phi) is 6.83. The SMILES string of the molecule is Cc1cc2c(C(=O)NCc3ccccc3-c3cccnc3)c(C)cc(OCc3c(F)ccc(F)c3F)n2n1. The van der Waals surface area contributed by atoms with E-state index >= 15 is 0 Å². The van der Waals surface area contributed by atoms with Gasteiger partial charge in [0.15, 0.2) is 11.6 Å². The standard InChI is InChI=1S/C29H23F3N4O2/c1-17-12-26(38-16-22-23(30)9-10-24(31)28(22)32)36-25(13-18(2)35-36)27(17)29(37)34-15-20-6-3-4-8-21(20)19-7-5-11-33-14-19/h3-14H,15-16H2,1-2H3,(H,34,37). The number of fused-ring (bicyclic) bond motifs is 1. The Balaban J connectivity index is 1.42. The smallest absolute Gasteiger partial charge is 0.254 e. The largest absolute Gasteiger partial charge is 0.473 e. The lowest BCUT2D eigenvalue weighted by atomic mass is 10.0. The molecule has 0 spiro atoms. The monoisotopic (exact) mass is 516 g/mol. The predicted octanol–water partition coefficient (Wildman–Crippen LogP) is 5.94. The van der Waals surface area contributed by atoms with Crippen LogP contribution in [0.4, 0.5) is 13.2 Å². The minimum absolute atomic E-state index is 0.159. The molecule has 0 unspecified atom stereocenters. The first kappa shape index (κ1) is 25.0. The van der Waals surface area contributed by atoms with E-state index in [9.17, 15) is 18.0 Å². The van der Waals surface area contributed by atoms with Gasteiger partial charge >= 0.3 is 0 Å². The van der Waals surface area contributed by atoms with E-state index in [1.165, 1.54) is 4.52 Å². The summed E-state index contributed by atoms with van der Waals surface area (Å²) >= 11 is 0. The van der Waals surface area contributed by atoms with E-state index in [4.69, 9.17) is 4.74 Å². The van der Waals surface area contributed by atoms with Crippen LogP contribution in [-0.2, 0) is 13.2 Å². The van der Waals surface area contributed by atoms with Crippen LogP contribution in [0, 0.1) is 31.3 Å². The van der Waals surface area contributed by atoms with Gasteiger partial charge in [0, 0.05) is 30.6 Å². The molecule has 0 aliphatic heterocycles. The maximum atomic E-state index is 14.1. The lowest BCUT2D eigenvalue weighted by molar-refractivity contribution is 0.0951. The zero-order chi connectivity index (χ0) is 26.8. The highest BCUT2D eigenvalue weighted by Gasteiger charge is 2.21. The van der Waals surface area contributed by atoms with Crippen LogP contribution < -0.4 is 10.1 Å². The number of aromatic nitrogens is 3. The fraction of sp³-hybridized carbons (Fsp3) is 0.138. The van der Waals surface area contributed by atoms with Crippen LogP contribution in [-0.4, -0.2) is 20.5 Å². The zero-order valence-corrected chi connectivity index (χ0v) is 20.6. The van der Waals surface area contributed by atoms with Crippen molar-refractivity contribution in [3.05, 3.63) is 118 Å². The summed E-state index contributed by atoms with van der Waals surface area (Å²) in [6, 6.07) is 16.4. The molecule has 0 aliphatic carbocycles. The van der Waals surface area contributed by atoms with E-state index in [1.807, 2.05) is 36.4 Å². The van der Waals surface area contributed by atoms with Crippen LogP contribution in [0.15, 0.2) is 73.1 Å². The second-order valence-electron chi connectivity index (χ2n) is 8.82. The highest BCUT2D eigenvalue weighted by Crippen LogP contribution is 2.27. The van der Waals surface area contributed by atoms with E-state index in [0.29, 0.717) is 22.3 Å². The van der Waals surface area contributed by atoms with E-state index in [2.05, 4.69) is 15.4 Å². The van der Waals surface area contributed by atoms with Crippen molar-refractivity contribution in [2.75, 3.05) is 0 Å². The van der Waals surface area contributed by atoms with Crippen molar-refractivity contribution in [3.63, 3.8) is 0 Å². The van der Waals surface area contributed by atoms with Gasteiger partial charge in [-0.15, -0.1) is 0 Å². The molecule has 3 aromatic heterocycles. The van der Waals surface area contributed by atoms with Crippen LogP contribution in [0.2, 0.25) is 0 Å². The molecular weight excluding hydrogens is 493 g/mol. The third kappa shape index (κ3) is 4.82. The van der Waals surface area contributed by atoms with Gasteiger partial charge in [0.25, 0.3) is 5.91 Å².